The van der Waals surface area contributed by atoms with Crippen molar-refractivity contribution in [3.05, 3.63) is 70.8 Å². The van der Waals surface area contributed by atoms with Gasteiger partial charge in [-0.1, -0.05) is 54.1 Å². The summed E-state index contributed by atoms with van der Waals surface area (Å²) < 4.78 is 0. The van der Waals surface area contributed by atoms with Crippen molar-refractivity contribution >= 4 is 0 Å². The lowest BCUT2D eigenvalue weighted by atomic mass is 9.85. The van der Waals surface area contributed by atoms with Gasteiger partial charge in [-0.05, 0) is 43.5 Å². The van der Waals surface area contributed by atoms with Crippen LogP contribution in [0.15, 0.2) is 48.5 Å². The summed E-state index contributed by atoms with van der Waals surface area (Å²) in [7, 11) is 0. The summed E-state index contributed by atoms with van der Waals surface area (Å²) in [4.78, 5) is 0. The summed E-state index contributed by atoms with van der Waals surface area (Å²) in [5.74, 6) is 0.413. The Morgan fingerprint density at radius 2 is 1.72 bits per heavy atom. The summed E-state index contributed by atoms with van der Waals surface area (Å²) in [5.41, 5.74) is 11.2. The maximum Gasteiger partial charge on any atom is 0.0104 e. The van der Waals surface area contributed by atoms with E-state index < -0.39 is 0 Å². The lowest BCUT2D eigenvalue weighted by molar-refractivity contribution is 0.721. The number of hydrogen-bond donors (Lipinski definition) is 1. The molecule has 0 radical (unpaired) electrons. The molecule has 18 heavy (non-hydrogen) atoms. The van der Waals surface area contributed by atoms with Gasteiger partial charge in [0, 0.05) is 5.92 Å². The maximum atomic E-state index is 5.79. The highest BCUT2D eigenvalue weighted by Crippen LogP contribution is 2.30. The first-order valence-electron chi connectivity index (χ1n) is 6.54. The minimum Gasteiger partial charge on any atom is -0.330 e. The largest absolute Gasteiger partial charge is 0.330 e. The molecule has 0 bridgehead atoms. The topological polar surface area (TPSA) is 26.0 Å². The average Bonchev–Trinajstić information content (AvgIpc) is 2.40. The molecule has 0 spiro atoms. The van der Waals surface area contributed by atoms with Gasteiger partial charge in [0.05, 0.1) is 0 Å². The van der Waals surface area contributed by atoms with Crippen LogP contribution in [0.5, 0.6) is 0 Å². The summed E-state index contributed by atoms with van der Waals surface area (Å²) in [6, 6.07) is 17.3. The summed E-state index contributed by atoms with van der Waals surface area (Å²) in [6.07, 6.45) is 0.994. The molecule has 2 aromatic rings. The smallest absolute Gasteiger partial charge is 0.0104 e. The van der Waals surface area contributed by atoms with Crippen molar-refractivity contribution in [1.82, 2.24) is 0 Å². The number of hydrogen-bond acceptors (Lipinski definition) is 1. The molecule has 1 nitrogen and oxygen atoms in total. The Labute approximate surface area is 110 Å². The highest BCUT2D eigenvalue weighted by atomic mass is 14.5. The Balaban J connectivity index is 2.44. The van der Waals surface area contributed by atoms with Crippen LogP contribution in [-0.2, 0) is 0 Å². The van der Waals surface area contributed by atoms with Crippen LogP contribution in [0.25, 0.3) is 0 Å². The lowest BCUT2D eigenvalue weighted by Crippen LogP contribution is -2.10. The van der Waals surface area contributed by atoms with E-state index in [0.29, 0.717) is 12.5 Å². The second kappa shape index (κ2) is 5.83. The van der Waals surface area contributed by atoms with Crippen LogP contribution >= 0.6 is 0 Å². The summed E-state index contributed by atoms with van der Waals surface area (Å²) in [5, 5.41) is 0. The Morgan fingerprint density at radius 1 is 1.00 bits per heavy atom. The number of rotatable bonds is 4. The third-order valence-corrected chi connectivity index (χ3v) is 3.47. The molecule has 0 aromatic heterocycles. The predicted octanol–water partition coefficient (Wildman–Crippen LogP) is 3.78. The highest BCUT2D eigenvalue weighted by Gasteiger charge is 2.15. The minimum absolute atomic E-state index is 0.413. The van der Waals surface area contributed by atoms with E-state index in [0.717, 1.165) is 6.42 Å². The van der Waals surface area contributed by atoms with Crippen molar-refractivity contribution in [2.75, 3.05) is 6.54 Å². The molecule has 0 aliphatic carbocycles. The summed E-state index contributed by atoms with van der Waals surface area (Å²) in [6.45, 7) is 5.04. The zero-order chi connectivity index (χ0) is 13.0. The number of nitrogens with two attached hydrogens (primary N) is 1. The Bertz CT molecular complexity index is 502. The zero-order valence-corrected chi connectivity index (χ0v) is 11.2. The number of benzene rings is 2. The van der Waals surface area contributed by atoms with Crippen LogP contribution in [0.1, 0.15) is 34.6 Å². The first-order valence-corrected chi connectivity index (χ1v) is 6.54. The minimum atomic E-state index is 0.413. The molecule has 0 fully saturated rings. The molecule has 2 N–H and O–H groups in total. The first kappa shape index (κ1) is 12.8. The molecule has 0 aliphatic rings. The van der Waals surface area contributed by atoms with Crippen molar-refractivity contribution in [3.63, 3.8) is 0 Å². The van der Waals surface area contributed by atoms with Crippen LogP contribution in [0.4, 0.5) is 0 Å². The molecule has 0 amide bonds. The van der Waals surface area contributed by atoms with Gasteiger partial charge in [-0.2, -0.15) is 0 Å². The van der Waals surface area contributed by atoms with Gasteiger partial charge in [-0.3, -0.25) is 0 Å². The maximum absolute atomic E-state index is 5.79. The zero-order valence-electron chi connectivity index (χ0n) is 11.2. The van der Waals surface area contributed by atoms with E-state index in [1.54, 1.807) is 0 Å². The third-order valence-electron chi connectivity index (χ3n) is 3.47. The van der Waals surface area contributed by atoms with E-state index in [9.17, 15) is 0 Å². The lowest BCUT2D eigenvalue weighted by Gasteiger charge is -2.20. The fraction of sp³-hybridized carbons (Fsp3) is 0.294. The average molecular weight is 239 g/mol. The molecule has 0 heterocycles. The van der Waals surface area contributed by atoms with Crippen LogP contribution in [0.3, 0.4) is 0 Å². The SMILES string of the molecule is Cc1ccc(C)c(C(CCN)c2ccccc2)c1. The van der Waals surface area contributed by atoms with Gasteiger partial charge in [-0.15, -0.1) is 0 Å². The molecule has 0 saturated heterocycles. The van der Waals surface area contributed by atoms with E-state index >= 15 is 0 Å². The molecule has 1 atom stereocenters. The van der Waals surface area contributed by atoms with Crippen molar-refractivity contribution in [2.24, 2.45) is 5.73 Å². The van der Waals surface area contributed by atoms with Gasteiger partial charge < -0.3 is 5.73 Å². The molecule has 2 rings (SSSR count). The highest BCUT2D eigenvalue weighted by molar-refractivity contribution is 5.39. The van der Waals surface area contributed by atoms with E-state index in [1.165, 1.54) is 22.3 Å². The van der Waals surface area contributed by atoms with Crippen LogP contribution in [-0.4, -0.2) is 6.54 Å². The van der Waals surface area contributed by atoms with E-state index in [-0.39, 0.29) is 0 Å². The fourth-order valence-electron chi connectivity index (χ4n) is 2.49. The van der Waals surface area contributed by atoms with E-state index in [4.69, 9.17) is 5.73 Å². The monoisotopic (exact) mass is 239 g/mol. The second-order valence-corrected chi connectivity index (χ2v) is 4.90. The van der Waals surface area contributed by atoms with Gasteiger partial charge in [0.25, 0.3) is 0 Å². The molecular formula is C17H21N. The number of aryl methyl sites for hydroxylation is 2. The van der Waals surface area contributed by atoms with Crippen LogP contribution < -0.4 is 5.73 Å². The van der Waals surface area contributed by atoms with Gasteiger partial charge in [0.2, 0.25) is 0 Å². The van der Waals surface area contributed by atoms with E-state index in [1.807, 2.05) is 0 Å². The van der Waals surface area contributed by atoms with Crippen molar-refractivity contribution in [3.8, 4) is 0 Å². The molecule has 0 saturated carbocycles. The standard InChI is InChI=1S/C17H21N/c1-13-8-9-14(2)17(12-13)16(10-11-18)15-6-4-3-5-7-15/h3-9,12,16H,10-11,18H2,1-2H3. The normalized spacial score (nSPS) is 12.4. The first-order chi connectivity index (χ1) is 8.72. The van der Waals surface area contributed by atoms with Crippen molar-refractivity contribution in [1.29, 1.82) is 0 Å². The van der Waals surface area contributed by atoms with Gasteiger partial charge in [-0.25, -0.2) is 0 Å². The van der Waals surface area contributed by atoms with Gasteiger partial charge in [0.1, 0.15) is 0 Å². The fourth-order valence-corrected chi connectivity index (χ4v) is 2.49. The van der Waals surface area contributed by atoms with Crippen molar-refractivity contribution in [2.45, 2.75) is 26.2 Å². The molecule has 0 aliphatic heterocycles. The Hall–Kier alpha value is -1.60. The molecule has 1 unspecified atom stereocenters. The third kappa shape index (κ3) is 2.80. The second-order valence-electron chi connectivity index (χ2n) is 4.90. The Kier molecular flexibility index (Phi) is 4.16. The van der Waals surface area contributed by atoms with Crippen LogP contribution in [0, 0.1) is 13.8 Å². The molecule has 1 heteroatoms. The Morgan fingerprint density at radius 3 is 2.39 bits per heavy atom. The molecule has 94 valence electrons. The van der Waals surface area contributed by atoms with Crippen LogP contribution in [0.2, 0.25) is 0 Å². The quantitative estimate of drug-likeness (QED) is 0.863. The summed E-state index contributed by atoms with van der Waals surface area (Å²) >= 11 is 0. The van der Waals surface area contributed by atoms with Gasteiger partial charge >= 0.3 is 0 Å². The predicted molar refractivity (Wildman–Crippen MR) is 77.9 cm³/mol. The van der Waals surface area contributed by atoms with Gasteiger partial charge in [0.15, 0.2) is 0 Å². The van der Waals surface area contributed by atoms with Crippen molar-refractivity contribution < 1.29 is 0 Å². The molecular weight excluding hydrogens is 218 g/mol. The van der Waals surface area contributed by atoms with E-state index in [2.05, 4.69) is 62.4 Å². The molecule has 2 aromatic carbocycles.